The van der Waals surface area contributed by atoms with E-state index in [4.69, 9.17) is 4.74 Å². The number of halogens is 1. The molecular formula is C12H20FNO. The van der Waals surface area contributed by atoms with Gasteiger partial charge in [-0.25, -0.2) is 4.39 Å². The fourth-order valence-electron chi connectivity index (χ4n) is 2.77. The Morgan fingerprint density at radius 2 is 2.40 bits per heavy atom. The van der Waals surface area contributed by atoms with Crippen molar-refractivity contribution in [2.75, 3.05) is 19.7 Å². The molecule has 1 atom stereocenters. The summed E-state index contributed by atoms with van der Waals surface area (Å²) in [6.45, 7) is 6.76. The van der Waals surface area contributed by atoms with Crippen molar-refractivity contribution in [1.29, 1.82) is 0 Å². The van der Waals surface area contributed by atoms with Crippen LogP contribution in [0.5, 0.6) is 0 Å². The second-order valence-corrected chi connectivity index (χ2v) is 5.05. The second-order valence-electron chi connectivity index (χ2n) is 5.05. The topological polar surface area (TPSA) is 12.5 Å². The molecule has 2 saturated heterocycles. The number of rotatable bonds is 3. The Kier molecular flexibility index (Phi) is 3.12. The van der Waals surface area contributed by atoms with Gasteiger partial charge in [0.1, 0.15) is 0 Å². The molecule has 0 bridgehead atoms. The van der Waals surface area contributed by atoms with Crippen LogP contribution in [0.2, 0.25) is 0 Å². The van der Waals surface area contributed by atoms with Crippen molar-refractivity contribution < 1.29 is 9.13 Å². The van der Waals surface area contributed by atoms with Gasteiger partial charge < -0.3 is 4.74 Å². The maximum atomic E-state index is 12.5. The average Bonchev–Trinajstić information content (AvgIpc) is 2.70. The highest BCUT2D eigenvalue weighted by atomic mass is 19.1. The van der Waals surface area contributed by atoms with Gasteiger partial charge in [-0.2, -0.15) is 0 Å². The zero-order valence-corrected chi connectivity index (χ0v) is 9.63. The standard InChI is InChI=1S/C12H20FNO/c1-10(2)15-9-12-4-3-5-14(12)8-11(6-12)7-13/h7,10H,3-6,8-9H2,1-2H3/b11-7+. The fraction of sp³-hybridized carbons (Fsp3) is 0.833. The number of hydrogen-bond acceptors (Lipinski definition) is 2. The SMILES string of the molecule is CC(C)OCC12CCCN1C/C(=C/F)C2. The van der Waals surface area contributed by atoms with E-state index in [0.717, 1.165) is 44.4 Å². The lowest BCUT2D eigenvalue weighted by Crippen LogP contribution is -2.43. The largest absolute Gasteiger partial charge is 0.377 e. The Morgan fingerprint density at radius 3 is 3.07 bits per heavy atom. The van der Waals surface area contributed by atoms with E-state index in [1.807, 2.05) is 0 Å². The zero-order chi connectivity index (χ0) is 10.9. The summed E-state index contributed by atoms with van der Waals surface area (Å²) < 4.78 is 18.3. The van der Waals surface area contributed by atoms with Crippen LogP contribution in [-0.2, 0) is 4.74 Å². The van der Waals surface area contributed by atoms with Crippen LogP contribution in [-0.4, -0.2) is 36.2 Å². The number of fused-ring (bicyclic) bond motifs is 1. The average molecular weight is 213 g/mol. The van der Waals surface area contributed by atoms with Crippen LogP contribution in [0.4, 0.5) is 4.39 Å². The normalized spacial score (nSPS) is 34.3. The molecule has 2 heterocycles. The van der Waals surface area contributed by atoms with Gasteiger partial charge in [-0.05, 0) is 45.2 Å². The summed E-state index contributed by atoms with van der Waals surface area (Å²) >= 11 is 0. The van der Waals surface area contributed by atoms with E-state index >= 15 is 0 Å². The van der Waals surface area contributed by atoms with Crippen molar-refractivity contribution in [3.05, 3.63) is 11.9 Å². The van der Waals surface area contributed by atoms with E-state index in [9.17, 15) is 4.39 Å². The summed E-state index contributed by atoms with van der Waals surface area (Å²) in [5, 5.41) is 0. The zero-order valence-electron chi connectivity index (χ0n) is 9.63. The van der Waals surface area contributed by atoms with Crippen molar-refractivity contribution in [3.8, 4) is 0 Å². The first-order valence-corrected chi connectivity index (χ1v) is 5.81. The summed E-state index contributed by atoms with van der Waals surface area (Å²) in [4.78, 5) is 2.39. The minimum absolute atomic E-state index is 0.113. The van der Waals surface area contributed by atoms with Gasteiger partial charge in [0.2, 0.25) is 0 Å². The monoisotopic (exact) mass is 213 g/mol. The minimum Gasteiger partial charge on any atom is -0.377 e. The van der Waals surface area contributed by atoms with Crippen LogP contribution in [0.25, 0.3) is 0 Å². The summed E-state index contributed by atoms with van der Waals surface area (Å²) in [7, 11) is 0. The van der Waals surface area contributed by atoms with Crippen molar-refractivity contribution in [1.82, 2.24) is 4.90 Å². The van der Waals surface area contributed by atoms with Gasteiger partial charge >= 0.3 is 0 Å². The first kappa shape index (κ1) is 11.1. The molecule has 2 fully saturated rings. The van der Waals surface area contributed by atoms with Crippen LogP contribution in [0.3, 0.4) is 0 Å². The first-order chi connectivity index (χ1) is 7.16. The predicted octanol–water partition coefficient (Wildman–Crippen LogP) is 2.50. The van der Waals surface area contributed by atoms with Gasteiger partial charge in [-0.3, -0.25) is 4.90 Å². The number of nitrogens with zero attached hydrogens (tertiary/aromatic N) is 1. The van der Waals surface area contributed by atoms with Gasteiger partial charge in [-0.15, -0.1) is 0 Å². The molecule has 0 aromatic rings. The Labute approximate surface area is 91.1 Å². The lowest BCUT2D eigenvalue weighted by molar-refractivity contribution is 0.00328. The van der Waals surface area contributed by atoms with Crippen LogP contribution in [0, 0.1) is 0 Å². The van der Waals surface area contributed by atoms with Crippen molar-refractivity contribution >= 4 is 0 Å². The highest BCUT2D eigenvalue weighted by Gasteiger charge is 2.46. The van der Waals surface area contributed by atoms with Gasteiger partial charge in [-0.1, -0.05) is 0 Å². The quantitative estimate of drug-likeness (QED) is 0.714. The van der Waals surface area contributed by atoms with Crippen molar-refractivity contribution in [2.45, 2.75) is 44.8 Å². The Balaban J connectivity index is 2.04. The van der Waals surface area contributed by atoms with E-state index < -0.39 is 0 Å². The van der Waals surface area contributed by atoms with Gasteiger partial charge in [0, 0.05) is 12.1 Å². The van der Waals surface area contributed by atoms with Crippen molar-refractivity contribution in [2.24, 2.45) is 0 Å². The molecule has 0 aromatic heterocycles. The second kappa shape index (κ2) is 4.22. The molecule has 0 spiro atoms. The summed E-state index contributed by atoms with van der Waals surface area (Å²) in [6.07, 6.45) is 4.28. The van der Waals surface area contributed by atoms with Crippen molar-refractivity contribution in [3.63, 3.8) is 0 Å². The Morgan fingerprint density at radius 1 is 1.60 bits per heavy atom. The lowest BCUT2D eigenvalue weighted by Gasteiger charge is -2.32. The maximum Gasteiger partial charge on any atom is 0.0872 e. The van der Waals surface area contributed by atoms with Gasteiger partial charge in [0.15, 0.2) is 0 Å². The summed E-state index contributed by atoms with van der Waals surface area (Å²) in [5.74, 6) is 0. The molecule has 0 saturated carbocycles. The molecule has 86 valence electrons. The number of hydrogen-bond donors (Lipinski definition) is 0. The molecule has 0 aliphatic carbocycles. The Hall–Kier alpha value is -0.410. The fourth-order valence-corrected chi connectivity index (χ4v) is 2.77. The highest BCUT2D eigenvalue weighted by molar-refractivity contribution is 5.19. The van der Waals surface area contributed by atoms with E-state index in [1.54, 1.807) is 0 Å². The molecule has 15 heavy (non-hydrogen) atoms. The van der Waals surface area contributed by atoms with Crippen LogP contribution in [0.1, 0.15) is 33.1 Å². The smallest absolute Gasteiger partial charge is 0.0872 e. The molecular weight excluding hydrogens is 193 g/mol. The molecule has 1 unspecified atom stereocenters. The highest BCUT2D eigenvalue weighted by Crippen LogP contribution is 2.41. The predicted molar refractivity (Wildman–Crippen MR) is 58.4 cm³/mol. The minimum atomic E-state index is 0.113. The maximum absolute atomic E-state index is 12.5. The third-order valence-corrected chi connectivity index (χ3v) is 3.53. The van der Waals surface area contributed by atoms with E-state index in [2.05, 4.69) is 18.7 Å². The third kappa shape index (κ3) is 2.08. The molecule has 0 radical (unpaired) electrons. The Bertz CT molecular complexity index is 264. The molecule has 0 aromatic carbocycles. The first-order valence-electron chi connectivity index (χ1n) is 5.81. The summed E-state index contributed by atoms with van der Waals surface area (Å²) in [5.41, 5.74) is 1.05. The van der Waals surface area contributed by atoms with Crippen LogP contribution < -0.4 is 0 Å². The van der Waals surface area contributed by atoms with E-state index in [-0.39, 0.29) is 11.6 Å². The molecule has 2 rings (SSSR count). The summed E-state index contributed by atoms with van der Waals surface area (Å²) in [6, 6.07) is 0. The molecule has 0 N–H and O–H groups in total. The molecule has 2 nitrogen and oxygen atoms in total. The lowest BCUT2D eigenvalue weighted by atomic mass is 9.94. The molecule has 2 aliphatic heterocycles. The third-order valence-electron chi connectivity index (χ3n) is 3.53. The van der Waals surface area contributed by atoms with E-state index in [0.29, 0.717) is 0 Å². The van der Waals surface area contributed by atoms with Gasteiger partial charge in [0.05, 0.1) is 19.0 Å². The van der Waals surface area contributed by atoms with Crippen LogP contribution in [0.15, 0.2) is 11.9 Å². The molecule has 3 heteroatoms. The molecule has 2 aliphatic rings. The van der Waals surface area contributed by atoms with Gasteiger partial charge in [0.25, 0.3) is 0 Å². The van der Waals surface area contributed by atoms with E-state index in [1.165, 1.54) is 6.42 Å². The van der Waals surface area contributed by atoms with Crippen LogP contribution >= 0.6 is 0 Å². The molecule has 0 amide bonds. The number of ether oxygens (including phenoxy) is 1.